The van der Waals surface area contributed by atoms with E-state index in [1.807, 2.05) is 0 Å². The second kappa shape index (κ2) is 5.83. The van der Waals surface area contributed by atoms with Gasteiger partial charge in [-0.2, -0.15) is 18.2 Å². The first-order valence-electron chi connectivity index (χ1n) is 7.93. The summed E-state index contributed by atoms with van der Waals surface area (Å²) in [6.45, 7) is 0. The lowest BCUT2D eigenvalue weighted by Gasteiger charge is -2.44. The summed E-state index contributed by atoms with van der Waals surface area (Å²) in [6, 6.07) is 6.10. The van der Waals surface area contributed by atoms with Crippen molar-refractivity contribution in [3.8, 4) is 11.4 Å². The van der Waals surface area contributed by atoms with E-state index >= 15 is 0 Å². The van der Waals surface area contributed by atoms with E-state index in [0.29, 0.717) is 11.1 Å². The van der Waals surface area contributed by atoms with Crippen molar-refractivity contribution in [3.63, 3.8) is 0 Å². The van der Waals surface area contributed by atoms with Gasteiger partial charge in [-0.15, -0.1) is 0 Å². The molecule has 3 fully saturated rings. The Bertz CT molecular complexity index is 780. The van der Waals surface area contributed by atoms with Gasteiger partial charge in [0.05, 0.1) is 12.1 Å². The van der Waals surface area contributed by atoms with Crippen LogP contribution in [0.25, 0.3) is 11.4 Å². The molecule has 0 spiro atoms. The Balaban J connectivity index is 1.52. The van der Waals surface area contributed by atoms with E-state index in [1.165, 1.54) is 29.3 Å². The SMILES string of the molecule is O=C(c1ccc(-c2noc(C(F)(F)F)n2)cc1)N1OC2CCC1CC2. The number of hydroxylamine groups is 2. The minimum absolute atomic E-state index is 0.0868. The van der Waals surface area contributed by atoms with Gasteiger partial charge in [0.2, 0.25) is 5.82 Å². The van der Waals surface area contributed by atoms with Gasteiger partial charge in [-0.25, -0.2) is 5.06 Å². The highest BCUT2D eigenvalue weighted by atomic mass is 19.4. The predicted octanol–water partition coefficient (Wildman–Crippen LogP) is 3.45. The molecule has 3 heterocycles. The molecule has 2 saturated heterocycles. The van der Waals surface area contributed by atoms with Crippen molar-refractivity contribution in [2.24, 2.45) is 0 Å². The van der Waals surface area contributed by atoms with E-state index in [1.54, 1.807) is 0 Å². The van der Waals surface area contributed by atoms with Gasteiger partial charge in [-0.05, 0) is 37.8 Å². The summed E-state index contributed by atoms with van der Waals surface area (Å²) in [6.07, 6.45) is -0.811. The maximum absolute atomic E-state index is 12.6. The second-order valence-electron chi connectivity index (χ2n) is 6.17. The smallest absolute Gasteiger partial charge is 0.329 e. The molecule has 1 aromatic carbocycles. The van der Waals surface area contributed by atoms with Crippen molar-refractivity contribution < 1.29 is 27.3 Å². The Labute approximate surface area is 140 Å². The molecule has 6 nitrogen and oxygen atoms in total. The number of hydrogen-bond acceptors (Lipinski definition) is 5. The summed E-state index contributed by atoms with van der Waals surface area (Å²) < 4.78 is 41.7. The first-order valence-corrected chi connectivity index (χ1v) is 7.93. The van der Waals surface area contributed by atoms with E-state index in [2.05, 4.69) is 14.7 Å². The third-order valence-electron chi connectivity index (χ3n) is 4.50. The highest BCUT2D eigenvalue weighted by molar-refractivity contribution is 5.94. The molecule has 0 atom stereocenters. The summed E-state index contributed by atoms with van der Waals surface area (Å²) in [5, 5.41) is 4.76. The topological polar surface area (TPSA) is 68.5 Å². The molecule has 0 radical (unpaired) electrons. The number of fused-ring (bicyclic) bond motifs is 3. The number of hydrogen-bond donors (Lipinski definition) is 0. The van der Waals surface area contributed by atoms with Crippen molar-refractivity contribution in [3.05, 3.63) is 35.7 Å². The van der Waals surface area contributed by atoms with E-state index in [-0.39, 0.29) is 23.9 Å². The third-order valence-corrected chi connectivity index (χ3v) is 4.50. The largest absolute Gasteiger partial charge is 0.471 e. The fraction of sp³-hybridized carbons (Fsp3) is 0.438. The number of carbonyl (C=O) groups is 1. The van der Waals surface area contributed by atoms with E-state index in [0.717, 1.165) is 25.7 Å². The Morgan fingerprint density at radius 3 is 2.32 bits per heavy atom. The summed E-state index contributed by atoms with van der Waals surface area (Å²) in [4.78, 5) is 21.6. The molecule has 25 heavy (non-hydrogen) atoms. The molecule has 1 aromatic heterocycles. The van der Waals surface area contributed by atoms with Crippen LogP contribution in [0.1, 0.15) is 41.9 Å². The zero-order valence-electron chi connectivity index (χ0n) is 13.0. The van der Waals surface area contributed by atoms with Crippen LogP contribution in [0, 0.1) is 0 Å². The Morgan fingerprint density at radius 2 is 1.80 bits per heavy atom. The lowest BCUT2D eigenvalue weighted by molar-refractivity contribution is -0.242. The number of carbonyl (C=O) groups excluding carboxylic acids is 1. The standard InChI is InChI=1S/C16H14F3N3O3/c17-16(18,19)15-20-13(21-24-15)9-1-3-10(4-2-9)14(23)22-11-5-7-12(25-22)8-6-11/h1-4,11-12H,5-8H2. The van der Waals surface area contributed by atoms with Crippen molar-refractivity contribution in [2.45, 2.75) is 44.0 Å². The quantitative estimate of drug-likeness (QED) is 0.827. The number of rotatable bonds is 2. The van der Waals surface area contributed by atoms with Crippen LogP contribution >= 0.6 is 0 Å². The maximum atomic E-state index is 12.6. The van der Waals surface area contributed by atoms with Crippen LogP contribution in [0.2, 0.25) is 0 Å². The average Bonchev–Trinajstić information content (AvgIpc) is 3.13. The number of aromatic nitrogens is 2. The van der Waals surface area contributed by atoms with Crippen molar-refractivity contribution in [1.29, 1.82) is 0 Å². The molecule has 1 saturated carbocycles. The molecule has 5 rings (SSSR count). The summed E-state index contributed by atoms with van der Waals surface area (Å²) in [5.74, 6) is -1.83. The number of alkyl halides is 3. The molecule has 2 aliphatic heterocycles. The Morgan fingerprint density at radius 1 is 1.12 bits per heavy atom. The van der Waals surface area contributed by atoms with Gasteiger partial charge < -0.3 is 4.52 Å². The molecule has 1 amide bonds. The van der Waals surface area contributed by atoms with E-state index < -0.39 is 12.1 Å². The zero-order chi connectivity index (χ0) is 17.6. The molecule has 3 aliphatic rings. The van der Waals surface area contributed by atoms with Gasteiger partial charge in [0, 0.05) is 11.1 Å². The molecule has 2 bridgehead atoms. The average molecular weight is 353 g/mol. The van der Waals surface area contributed by atoms with Crippen LogP contribution in [0.3, 0.4) is 0 Å². The van der Waals surface area contributed by atoms with Crippen molar-refractivity contribution in [2.75, 3.05) is 0 Å². The fourth-order valence-electron chi connectivity index (χ4n) is 3.19. The monoisotopic (exact) mass is 353 g/mol. The Kier molecular flexibility index (Phi) is 3.75. The Hall–Kier alpha value is -2.42. The summed E-state index contributed by atoms with van der Waals surface area (Å²) >= 11 is 0. The van der Waals surface area contributed by atoms with Gasteiger partial charge in [0.1, 0.15) is 0 Å². The number of nitrogens with zero attached hydrogens (tertiary/aromatic N) is 3. The molecule has 0 unspecified atom stereocenters. The van der Waals surface area contributed by atoms with Gasteiger partial charge in [-0.3, -0.25) is 9.63 Å². The highest BCUT2D eigenvalue weighted by Gasteiger charge is 2.39. The maximum Gasteiger partial charge on any atom is 0.471 e. The normalized spacial score (nSPS) is 23.1. The lowest BCUT2D eigenvalue weighted by Crippen LogP contribution is -2.51. The third kappa shape index (κ3) is 2.99. The van der Waals surface area contributed by atoms with Crippen molar-refractivity contribution >= 4 is 5.91 Å². The van der Waals surface area contributed by atoms with Crippen LogP contribution in [0.4, 0.5) is 13.2 Å². The fourth-order valence-corrected chi connectivity index (χ4v) is 3.19. The molecule has 2 aromatic rings. The van der Waals surface area contributed by atoms with Gasteiger partial charge in [0.15, 0.2) is 0 Å². The molecule has 9 heteroatoms. The van der Waals surface area contributed by atoms with Crippen LogP contribution in [0.5, 0.6) is 0 Å². The molecule has 132 valence electrons. The van der Waals surface area contributed by atoms with Crippen LogP contribution in [-0.4, -0.2) is 33.3 Å². The highest BCUT2D eigenvalue weighted by Crippen LogP contribution is 2.34. The lowest BCUT2D eigenvalue weighted by atomic mass is 9.90. The first kappa shape index (κ1) is 16.1. The van der Waals surface area contributed by atoms with Crippen LogP contribution in [0.15, 0.2) is 28.8 Å². The molecular formula is C16H14F3N3O3. The number of amides is 1. The predicted molar refractivity (Wildman–Crippen MR) is 78.0 cm³/mol. The zero-order valence-corrected chi connectivity index (χ0v) is 13.0. The number of halogens is 3. The second-order valence-corrected chi connectivity index (χ2v) is 6.17. The van der Waals surface area contributed by atoms with Crippen LogP contribution < -0.4 is 0 Å². The minimum Gasteiger partial charge on any atom is -0.329 e. The minimum atomic E-state index is -4.69. The molecule has 1 aliphatic carbocycles. The van der Waals surface area contributed by atoms with Gasteiger partial charge in [0.25, 0.3) is 5.91 Å². The summed E-state index contributed by atoms with van der Waals surface area (Å²) in [5.41, 5.74) is 0.729. The van der Waals surface area contributed by atoms with E-state index in [9.17, 15) is 18.0 Å². The molecular weight excluding hydrogens is 339 g/mol. The van der Waals surface area contributed by atoms with Crippen LogP contribution in [-0.2, 0) is 11.0 Å². The van der Waals surface area contributed by atoms with E-state index in [4.69, 9.17) is 4.84 Å². The van der Waals surface area contributed by atoms with Gasteiger partial charge >= 0.3 is 12.1 Å². The first-order chi connectivity index (χ1) is 11.9. The van der Waals surface area contributed by atoms with Crippen molar-refractivity contribution in [1.82, 2.24) is 15.2 Å². The van der Waals surface area contributed by atoms with Gasteiger partial charge in [-0.1, -0.05) is 17.3 Å². The number of benzene rings is 1. The molecule has 0 N–H and O–H groups in total. The summed E-state index contributed by atoms with van der Waals surface area (Å²) in [7, 11) is 0.